The molecule has 2 saturated heterocycles. The number of carbonyl (C=O) groups is 3. The molecule has 3 amide bonds. The number of nitrogens with zero attached hydrogens (tertiary/aromatic N) is 2. The van der Waals surface area contributed by atoms with Crippen LogP contribution in [-0.4, -0.2) is 59.9 Å². The summed E-state index contributed by atoms with van der Waals surface area (Å²) in [5.74, 6) is -0.423. The Hall–Kier alpha value is -2.99. The first-order valence-electron chi connectivity index (χ1n) is 12.3. The van der Waals surface area contributed by atoms with Gasteiger partial charge in [-0.15, -0.1) is 0 Å². The minimum atomic E-state index is -1.14. The van der Waals surface area contributed by atoms with Gasteiger partial charge >= 0.3 is 0 Å². The molecule has 0 N–H and O–H groups in total. The van der Waals surface area contributed by atoms with Crippen molar-refractivity contribution in [3.8, 4) is 11.1 Å². The third kappa shape index (κ3) is 4.16. The first-order valence-corrected chi connectivity index (χ1v) is 12.3. The van der Waals surface area contributed by atoms with Gasteiger partial charge in [0, 0.05) is 32.5 Å². The van der Waals surface area contributed by atoms with Crippen LogP contribution in [0.15, 0.2) is 54.6 Å². The number of hydrogen-bond donors (Lipinski definition) is 0. The van der Waals surface area contributed by atoms with Gasteiger partial charge in [0.05, 0.1) is 18.1 Å². The van der Waals surface area contributed by atoms with Crippen molar-refractivity contribution in [2.75, 3.05) is 20.3 Å². The van der Waals surface area contributed by atoms with Crippen molar-refractivity contribution in [3.05, 3.63) is 60.2 Å². The van der Waals surface area contributed by atoms with Crippen LogP contribution in [0.4, 0.5) is 0 Å². The summed E-state index contributed by atoms with van der Waals surface area (Å²) >= 11 is 0. The van der Waals surface area contributed by atoms with Crippen molar-refractivity contribution in [1.82, 2.24) is 9.80 Å². The van der Waals surface area contributed by atoms with E-state index in [0.29, 0.717) is 13.2 Å². The van der Waals surface area contributed by atoms with Gasteiger partial charge in [-0.05, 0) is 48.8 Å². The maximum atomic E-state index is 13.8. The van der Waals surface area contributed by atoms with Crippen LogP contribution in [-0.2, 0) is 24.5 Å². The lowest BCUT2D eigenvalue weighted by Crippen LogP contribution is -2.49. The second kappa shape index (κ2) is 9.34. The van der Waals surface area contributed by atoms with E-state index in [-0.39, 0.29) is 42.6 Å². The Morgan fingerprint density at radius 1 is 0.971 bits per heavy atom. The van der Waals surface area contributed by atoms with Crippen molar-refractivity contribution in [2.24, 2.45) is 0 Å². The van der Waals surface area contributed by atoms with Crippen molar-refractivity contribution >= 4 is 17.7 Å². The van der Waals surface area contributed by atoms with Crippen LogP contribution >= 0.6 is 0 Å². The highest BCUT2D eigenvalue weighted by Crippen LogP contribution is 2.45. The monoisotopic (exact) mass is 460 g/mol. The summed E-state index contributed by atoms with van der Waals surface area (Å²) in [6.07, 6.45) is 4.71. The minimum Gasteiger partial charge on any atom is -0.383 e. The zero-order chi connectivity index (χ0) is 23.7. The molecule has 1 aliphatic carbocycles. The van der Waals surface area contributed by atoms with Crippen LogP contribution < -0.4 is 0 Å². The lowest BCUT2D eigenvalue weighted by atomic mass is 9.75. The van der Waals surface area contributed by atoms with E-state index in [0.717, 1.165) is 48.8 Å². The van der Waals surface area contributed by atoms with Crippen LogP contribution in [0.1, 0.15) is 50.5 Å². The molecule has 178 valence electrons. The second-order valence-corrected chi connectivity index (χ2v) is 9.87. The summed E-state index contributed by atoms with van der Waals surface area (Å²) < 4.78 is 5.37. The maximum absolute atomic E-state index is 13.8. The molecule has 0 unspecified atom stereocenters. The lowest BCUT2D eigenvalue weighted by Gasteiger charge is -2.37. The van der Waals surface area contributed by atoms with Gasteiger partial charge < -0.3 is 9.64 Å². The lowest BCUT2D eigenvalue weighted by molar-refractivity contribution is -0.144. The Labute approximate surface area is 200 Å². The van der Waals surface area contributed by atoms with E-state index >= 15 is 0 Å². The van der Waals surface area contributed by atoms with Crippen molar-refractivity contribution < 1.29 is 19.1 Å². The fourth-order valence-corrected chi connectivity index (χ4v) is 5.60. The Balaban J connectivity index is 1.48. The van der Waals surface area contributed by atoms with Gasteiger partial charge in [0.25, 0.3) is 0 Å². The largest absolute Gasteiger partial charge is 0.383 e. The molecule has 2 aromatic rings. The number of hydrogen-bond acceptors (Lipinski definition) is 4. The molecule has 34 heavy (non-hydrogen) atoms. The van der Waals surface area contributed by atoms with Gasteiger partial charge in [-0.1, -0.05) is 54.6 Å². The highest BCUT2D eigenvalue weighted by Gasteiger charge is 2.57. The van der Waals surface area contributed by atoms with E-state index in [1.54, 1.807) is 7.11 Å². The van der Waals surface area contributed by atoms with Gasteiger partial charge in [0.15, 0.2) is 0 Å². The van der Waals surface area contributed by atoms with Gasteiger partial charge in [-0.3, -0.25) is 19.3 Å². The molecule has 2 atom stereocenters. The molecule has 2 aliphatic heterocycles. The molecule has 3 fully saturated rings. The highest BCUT2D eigenvalue weighted by atomic mass is 16.5. The van der Waals surface area contributed by atoms with E-state index in [1.165, 1.54) is 4.90 Å². The molecule has 3 aliphatic rings. The third-order valence-electron chi connectivity index (χ3n) is 7.57. The predicted molar refractivity (Wildman–Crippen MR) is 129 cm³/mol. The number of imide groups is 1. The van der Waals surface area contributed by atoms with E-state index in [2.05, 4.69) is 0 Å². The Kier molecular flexibility index (Phi) is 6.26. The van der Waals surface area contributed by atoms with E-state index in [9.17, 15) is 14.4 Å². The molecule has 0 radical (unpaired) electrons. The van der Waals surface area contributed by atoms with E-state index < -0.39 is 5.41 Å². The number of rotatable bonds is 7. The number of methoxy groups -OCH3 is 1. The highest BCUT2D eigenvalue weighted by molar-refractivity contribution is 6.11. The molecular formula is C28H32N2O4. The van der Waals surface area contributed by atoms with Gasteiger partial charge in [0.1, 0.15) is 0 Å². The first kappa shape index (κ1) is 22.8. The topological polar surface area (TPSA) is 66.9 Å². The quantitative estimate of drug-likeness (QED) is 0.587. The Morgan fingerprint density at radius 3 is 2.35 bits per heavy atom. The fourth-order valence-electron chi connectivity index (χ4n) is 5.60. The Bertz CT molecular complexity index is 1060. The van der Waals surface area contributed by atoms with Gasteiger partial charge in [0.2, 0.25) is 17.7 Å². The SMILES string of the molecule is COC[C@@H]1CCCCN1C(=O)C[C@@]1(c2ccc(-c3ccccc3)cc2)CC(=O)N(C2CC2)C1=O. The zero-order valence-corrected chi connectivity index (χ0v) is 19.7. The zero-order valence-electron chi connectivity index (χ0n) is 19.7. The van der Waals surface area contributed by atoms with Crippen molar-refractivity contribution in [3.63, 3.8) is 0 Å². The predicted octanol–water partition coefficient (Wildman–Crippen LogP) is 3.93. The number of carbonyl (C=O) groups excluding carboxylic acids is 3. The molecule has 0 aromatic heterocycles. The van der Waals surface area contributed by atoms with Crippen LogP contribution in [0.2, 0.25) is 0 Å². The average Bonchev–Trinajstić information content (AvgIpc) is 3.66. The third-order valence-corrected chi connectivity index (χ3v) is 7.57. The summed E-state index contributed by atoms with van der Waals surface area (Å²) in [6.45, 7) is 1.16. The summed E-state index contributed by atoms with van der Waals surface area (Å²) in [4.78, 5) is 43.8. The van der Waals surface area contributed by atoms with Crippen LogP contribution in [0, 0.1) is 0 Å². The summed E-state index contributed by atoms with van der Waals surface area (Å²) in [5.41, 5.74) is 1.74. The number of benzene rings is 2. The molecule has 2 heterocycles. The molecule has 0 bridgehead atoms. The van der Waals surface area contributed by atoms with E-state index in [1.807, 2.05) is 59.5 Å². The standard InChI is InChI=1S/C28H32N2O4/c1-34-19-24-9-5-6-16-29(24)25(31)17-28(18-26(32)30(27(28)33)23-14-15-23)22-12-10-21(11-13-22)20-7-3-2-4-8-20/h2-4,7-8,10-13,23-24H,5-6,9,14-19H2,1H3/t24-,28-/m0/s1. The summed E-state index contributed by atoms with van der Waals surface area (Å²) in [7, 11) is 1.65. The smallest absolute Gasteiger partial charge is 0.241 e. The van der Waals surface area contributed by atoms with Crippen LogP contribution in [0.25, 0.3) is 11.1 Å². The first-order chi connectivity index (χ1) is 16.5. The second-order valence-electron chi connectivity index (χ2n) is 9.87. The Morgan fingerprint density at radius 2 is 1.68 bits per heavy atom. The number of ether oxygens (including phenoxy) is 1. The molecular weight excluding hydrogens is 428 g/mol. The molecule has 2 aromatic carbocycles. The van der Waals surface area contributed by atoms with Crippen LogP contribution in [0.5, 0.6) is 0 Å². The average molecular weight is 461 g/mol. The van der Waals surface area contributed by atoms with Gasteiger partial charge in [-0.25, -0.2) is 0 Å². The van der Waals surface area contributed by atoms with Crippen molar-refractivity contribution in [2.45, 2.75) is 62.4 Å². The molecule has 6 heteroatoms. The maximum Gasteiger partial charge on any atom is 0.241 e. The number of piperidine rings is 1. The van der Waals surface area contributed by atoms with E-state index in [4.69, 9.17) is 4.74 Å². The molecule has 1 saturated carbocycles. The van der Waals surface area contributed by atoms with Crippen molar-refractivity contribution in [1.29, 1.82) is 0 Å². The number of amides is 3. The molecule has 0 spiro atoms. The summed E-state index contributed by atoms with van der Waals surface area (Å²) in [6, 6.07) is 17.9. The summed E-state index contributed by atoms with van der Waals surface area (Å²) in [5, 5.41) is 0. The normalized spacial score (nSPS) is 25.1. The molecule has 6 nitrogen and oxygen atoms in total. The minimum absolute atomic E-state index is 0.00297. The van der Waals surface area contributed by atoms with Crippen LogP contribution in [0.3, 0.4) is 0 Å². The van der Waals surface area contributed by atoms with Gasteiger partial charge in [-0.2, -0.15) is 0 Å². The molecule has 5 rings (SSSR count). The fraction of sp³-hybridized carbons (Fsp3) is 0.464. The number of likely N-dealkylation sites (tertiary alicyclic amines) is 2.